The number of carbonyl (C=O) groups excluding carboxylic acids is 1. The van der Waals surface area contributed by atoms with E-state index < -0.39 is 23.5 Å². The van der Waals surface area contributed by atoms with Gasteiger partial charge in [-0.2, -0.15) is 23.3 Å². The predicted molar refractivity (Wildman–Crippen MR) is 111 cm³/mol. The van der Waals surface area contributed by atoms with Crippen LogP contribution in [-0.2, 0) is 11.0 Å². The molecule has 158 valence electrons. The van der Waals surface area contributed by atoms with Gasteiger partial charge in [-0.05, 0) is 36.4 Å². The normalized spacial score (nSPS) is 11.2. The van der Waals surface area contributed by atoms with Crippen molar-refractivity contribution in [2.24, 2.45) is 5.10 Å². The highest BCUT2D eigenvalue weighted by atomic mass is 19.4. The molecular weight excluding hydrogens is 411 g/mol. The van der Waals surface area contributed by atoms with Crippen molar-refractivity contribution in [3.8, 4) is 0 Å². The van der Waals surface area contributed by atoms with Crippen molar-refractivity contribution in [1.82, 2.24) is 15.0 Å². The van der Waals surface area contributed by atoms with Crippen LogP contribution < -0.4 is 16.1 Å². The molecule has 0 unspecified atom stereocenters. The van der Waals surface area contributed by atoms with Gasteiger partial charge >= 0.3 is 6.18 Å². The molecule has 2 heterocycles. The molecule has 0 aliphatic rings. The first-order valence-corrected chi connectivity index (χ1v) is 8.80. The number of amides is 1. The average molecular weight is 427 g/mol. The van der Waals surface area contributed by atoms with E-state index in [0.29, 0.717) is 17.6 Å². The number of aromatic nitrogens is 3. The van der Waals surface area contributed by atoms with Crippen LogP contribution in [0.4, 0.5) is 36.3 Å². The van der Waals surface area contributed by atoms with Crippen LogP contribution in [0.5, 0.6) is 0 Å². The Morgan fingerprint density at radius 3 is 2.61 bits per heavy atom. The zero-order chi connectivity index (χ0) is 22.3. The molecule has 8 nitrogen and oxygen atoms in total. The Kier molecular flexibility index (Phi) is 6.55. The number of hydrogen-bond acceptors (Lipinski definition) is 7. The molecule has 0 fully saturated rings. The quantitative estimate of drug-likeness (QED) is 0.297. The number of halogens is 3. The lowest BCUT2D eigenvalue weighted by Gasteiger charge is -2.14. The van der Waals surface area contributed by atoms with Crippen molar-refractivity contribution in [1.29, 1.82) is 0 Å². The van der Waals surface area contributed by atoms with Gasteiger partial charge < -0.3 is 10.6 Å². The molecule has 3 rings (SSSR count). The summed E-state index contributed by atoms with van der Waals surface area (Å²) in [5.74, 6) is -1.09. The summed E-state index contributed by atoms with van der Waals surface area (Å²) in [7, 11) is 0. The molecule has 0 bridgehead atoms. The van der Waals surface area contributed by atoms with E-state index in [0.717, 1.165) is 6.08 Å². The van der Waals surface area contributed by atoms with Crippen molar-refractivity contribution in [2.45, 2.75) is 6.18 Å². The Morgan fingerprint density at radius 2 is 1.90 bits per heavy atom. The fraction of sp³-hybridized carbons (Fsp3) is 0.0500. The highest BCUT2D eigenvalue weighted by Crippen LogP contribution is 2.35. The Bertz CT molecular complexity index is 1100. The van der Waals surface area contributed by atoms with E-state index in [1.54, 1.807) is 36.5 Å². The van der Waals surface area contributed by atoms with Gasteiger partial charge in [0.1, 0.15) is 11.4 Å². The maximum absolute atomic E-state index is 13.4. The van der Waals surface area contributed by atoms with Crippen molar-refractivity contribution in [3.63, 3.8) is 0 Å². The van der Waals surface area contributed by atoms with E-state index in [-0.39, 0.29) is 11.6 Å². The van der Waals surface area contributed by atoms with Gasteiger partial charge in [-0.3, -0.25) is 9.78 Å². The largest absolute Gasteiger partial charge is 0.421 e. The van der Waals surface area contributed by atoms with E-state index >= 15 is 0 Å². The lowest BCUT2D eigenvalue weighted by molar-refractivity contribution is -0.137. The second-order valence-corrected chi connectivity index (χ2v) is 5.98. The highest BCUT2D eigenvalue weighted by Gasteiger charge is 2.35. The molecule has 0 aliphatic carbocycles. The lowest BCUT2D eigenvalue weighted by atomic mass is 10.2. The first kappa shape index (κ1) is 21.4. The van der Waals surface area contributed by atoms with E-state index in [4.69, 9.17) is 0 Å². The van der Waals surface area contributed by atoms with Crippen LogP contribution in [0.15, 0.2) is 72.6 Å². The summed E-state index contributed by atoms with van der Waals surface area (Å²) >= 11 is 0. The van der Waals surface area contributed by atoms with Crippen LogP contribution in [0.25, 0.3) is 0 Å². The molecule has 1 aromatic carbocycles. The fourth-order valence-electron chi connectivity index (χ4n) is 2.35. The fourth-order valence-corrected chi connectivity index (χ4v) is 2.35. The van der Waals surface area contributed by atoms with Crippen LogP contribution in [-0.4, -0.2) is 27.1 Å². The monoisotopic (exact) mass is 427 g/mol. The van der Waals surface area contributed by atoms with Crippen molar-refractivity contribution >= 4 is 35.3 Å². The molecule has 31 heavy (non-hydrogen) atoms. The number of hydrazone groups is 1. The lowest BCUT2D eigenvalue weighted by Crippen LogP contribution is -2.13. The number of carbonyl (C=O) groups is 1. The Balaban J connectivity index is 1.84. The number of nitrogens with one attached hydrogen (secondary N) is 3. The van der Waals surface area contributed by atoms with Gasteiger partial charge in [0.15, 0.2) is 0 Å². The number of benzene rings is 1. The van der Waals surface area contributed by atoms with Gasteiger partial charge in [0.2, 0.25) is 11.9 Å². The molecule has 1 amide bonds. The predicted octanol–water partition coefficient (Wildman–Crippen LogP) is 4.20. The molecule has 0 radical (unpaired) electrons. The second kappa shape index (κ2) is 9.48. The van der Waals surface area contributed by atoms with Gasteiger partial charge in [0, 0.05) is 23.8 Å². The van der Waals surface area contributed by atoms with Gasteiger partial charge in [0.05, 0.1) is 11.9 Å². The van der Waals surface area contributed by atoms with E-state index in [2.05, 4.69) is 42.7 Å². The first-order valence-electron chi connectivity index (χ1n) is 8.80. The minimum atomic E-state index is -4.69. The Morgan fingerprint density at radius 1 is 1.10 bits per heavy atom. The molecule has 0 atom stereocenters. The molecule has 3 aromatic rings. The van der Waals surface area contributed by atoms with Crippen LogP contribution >= 0.6 is 0 Å². The first-order chi connectivity index (χ1) is 14.8. The molecule has 2 aromatic heterocycles. The minimum absolute atomic E-state index is 0.154. The molecule has 11 heteroatoms. The minimum Gasteiger partial charge on any atom is -0.339 e. The number of anilines is 4. The standard InChI is InChI=1S/C20H16F3N7O/c1-2-17(31)27-13-7-5-8-14(10-13)28-18-16(20(21,22)23)12-25-19(29-18)30-26-11-15-6-3-4-9-24-15/h2-12H,1H2,(H,27,31)(H2,25,28,29,30)/b26-11+. The smallest absolute Gasteiger partial charge is 0.339 e. The Hall–Kier alpha value is -4.28. The van der Waals surface area contributed by atoms with Crippen molar-refractivity contribution in [2.75, 3.05) is 16.1 Å². The molecular formula is C20H16F3N7O. The third-order valence-corrected chi connectivity index (χ3v) is 3.72. The maximum Gasteiger partial charge on any atom is 0.421 e. The zero-order valence-corrected chi connectivity index (χ0v) is 15.9. The van der Waals surface area contributed by atoms with Gasteiger partial charge in [-0.1, -0.05) is 18.7 Å². The molecule has 0 saturated heterocycles. The molecule has 3 N–H and O–H groups in total. The van der Waals surface area contributed by atoms with E-state index in [9.17, 15) is 18.0 Å². The van der Waals surface area contributed by atoms with Gasteiger partial charge in [-0.25, -0.2) is 10.4 Å². The summed E-state index contributed by atoms with van der Waals surface area (Å²) in [5.41, 5.74) is 2.60. The van der Waals surface area contributed by atoms with E-state index in [1.807, 2.05) is 0 Å². The van der Waals surface area contributed by atoms with E-state index in [1.165, 1.54) is 18.3 Å². The number of pyridine rings is 1. The molecule has 0 spiro atoms. The third kappa shape index (κ3) is 6.10. The second-order valence-electron chi connectivity index (χ2n) is 5.98. The average Bonchev–Trinajstić information content (AvgIpc) is 2.74. The summed E-state index contributed by atoms with van der Waals surface area (Å²) in [6, 6.07) is 11.3. The van der Waals surface area contributed by atoms with Gasteiger partial charge in [0.25, 0.3) is 0 Å². The summed E-state index contributed by atoms with van der Waals surface area (Å²) in [5, 5.41) is 9.01. The van der Waals surface area contributed by atoms with Gasteiger partial charge in [-0.15, -0.1) is 0 Å². The highest BCUT2D eigenvalue weighted by molar-refractivity contribution is 5.99. The SMILES string of the molecule is C=CC(=O)Nc1cccc(Nc2nc(N/N=C/c3ccccn3)ncc2C(F)(F)F)c1. The topological polar surface area (TPSA) is 104 Å². The zero-order valence-electron chi connectivity index (χ0n) is 15.9. The maximum atomic E-state index is 13.4. The summed E-state index contributed by atoms with van der Waals surface area (Å²) < 4.78 is 40.2. The van der Waals surface area contributed by atoms with Crippen LogP contribution in [0, 0.1) is 0 Å². The third-order valence-electron chi connectivity index (χ3n) is 3.72. The number of alkyl halides is 3. The number of nitrogens with zero attached hydrogens (tertiary/aromatic N) is 4. The van der Waals surface area contributed by atoms with Crippen LogP contribution in [0.3, 0.4) is 0 Å². The van der Waals surface area contributed by atoms with Crippen LogP contribution in [0.2, 0.25) is 0 Å². The summed E-state index contributed by atoms with van der Waals surface area (Å²) in [4.78, 5) is 23.0. The molecule has 0 saturated carbocycles. The van der Waals surface area contributed by atoms with Crippen molar-refractivity contribution < 1.29 is 18.0 Å². The number of rotatable bonds is 7. The van der Waals surface area contributed by atoms with Crippen LogP contribution in [0.1, 0.15) is 11.3 Å². The summed E-state index contributed by atoms with van der Waals surface area (Å²) in [6.07, 6.45) is -0.0107. The summed E-state index contributed by atoms with van der Waals surface area (Å²) in [6.45, 7) is 3.35. The molecule has 0 aliphatic heterocycles. The Labute approximate surface area is 175 Å². The number of hydrogen-bond donors (Lipinski definition) is 3. The van der Waals surface area contributed by atoms with Crippen molar-refractivity contribution in [3.05, 3.63) is 78.8 Å².